The van der Waals surface area contributed by atoms with Gasteiger partial charge in [-0.3, -0.25) is 4.79 Å². The van der Waals surface area contributed by atoms with Crippen LogP contribution in [0.15, 0.2) is 59.4 Å². The number of amides is 1. The molecule has 0 saturated carbocycles. The Hall–Kier alpha value is -3.32. The lowest BCUT2D eigenvalue weighted by Crippen LogP contribution is -2.44. The molecule has 7 nitrogen and oxygen atoms in total. The number of nitrogens with zero attached hydrogens (tertiary/aromatic N) is 5. The van der Waals surface area contributed by atoms with Crippen molar-refractivity contribution in [2.24, 2.45) is 4.99 Å². The van der Waals surface area contributed by atoms with Gasteiger partial charge in [0.15, 0.2) is 6.29 Å². The number of rotatable bonds is 3. The average Bonchev–Trinajstić information content (AvgIpc) is 2.91. The van der Waals surface area contributed by atoms with Gasteiger partial charge < -0.3 is 24.9 Å². The third-order valence-electron chi connectivity index (χ3n) is 7.85. The molecule has 0 aliphatic carbocycles. The van der Waals surface area contributed by atoms with E-state index in [-0.39, 0.29) is 18.1 Å². The van der Waals surface area contributed by atoms with Gasteiger partial charge in [-0.05, 0) is 68.1 Å². The number of carbonyl (C=O) groups excluding carboxylic acids is 1. The van der Waals surface area contributed by atoms with E-state index in [2.05, 4.69) is 71.4 Å². The standard InChI is InChI=1S/C29H38N6O/c1-20-10-12-26-27(34(5)28(36)24-9-7-6-8-23(20)24)19-33(4)29(31-26)30-25-13-11-22(18-21(25)2)35-16-14-32(3)15-17-35/h6-9,11,13,18-20,29-30H,10,12,14-17H2,1-5H3. The number of carbonyl (C=O) groups is 1. The van der Waals surface area contributed by atoms with Gasteiger partial charge in [0, 0.05) is 63.4 Å². The number of anilines is 2. The Morgan fingerprint density at radius 1 is 1.00 bits per heavy atom. The lowest BCUT2D eigenvalue weighted by molar-refractivity contribution is 0.0838. The smallest absolute Gasteiger partial charge is 0.258 e. The van der Waals surface area contributed by atoms with Gasteiger partial charge in [0.25, 0.3) is 5.91 Å². The van der Waals surface area contributed by atoms with Gasteiger partial charge in [-0.25, -0.2) is 4.99 Å². The number of allylic oxidation sites excluding steroid dienone is 1. The molecule has 0 spiro atoms. The van der Waals surface area contributed by atoms with Crippen LogP contribution >= 0.6 is 0 Å². The first-order valence-electron chi connectivity index (χ1n) is 13.0. The first kappa shape index (κ1) is 24.4. The van der Waals surface area contributed by atoms with E-state index in [1.54, 1.807) is 4.90 Å². The summed E-state index contributed by atoms with van der Waals surface area (Å²) < 4.78 is 0. The summed E-state index contributed by atoms with van der Waals surface area (Å²) in [7, 11) is 6.06. The van der Waals surface area contributed by atoms with Crippen molar-refractivity contribution < 1.29 is 4.79 Å². The molecule has 1 saturated heterocycles. The normalized spacial score (nSPS) is 23.1. The number of aliphatic imine (C=N–C) groups is 1. The van der Waals surface area contributed by atoms with Crippen LogP contribution in [0.2, 0.25) is 0 Å². The first-order valence-corrected chi connectivity index (χ1v) is 13.0. The molecule has 2 unspecified atom stereocenters. The third kappa shape index (κ3) is 4.72. The third-order valence-corrected chi connectivity index (χ3v) is 7.85. The molecule has 1 N–H and O–H groups in total. The van der Waals surface area contributed by atoms with Crippen molar-refractivity contribution in [3.05, 3.63) is 71.1 Å². The van der Waals surface area contributed by atoms with Gasteiger partial charge in [0.05, 0.1) is 11.4 Å². The molecule has 0 bridgehead atoms. The molecule has 5 rings (SSSR count). The van der Waals surface area contributed by atoms with Crippen LogP contribution in [0.3, 0.4) is 0 Å². The van der Waals surface area contributed by atoms with Crippen molar-refractivity contribution in [1.82, 2.24) is 14.7 Å². The molecule has 1 amide bonds. The van der Waals surface area contributed by atoms with E-state index in [0.717, 1.165) is 67.2 Å². The highest BCUT2D eigenvalue weighted by molar-refractivity contribution is 6.07. The summed E-state index contributed by atoms with van der Waals surface area (Å²) in [6, 6.07) is 14.7. The topological polar surface area (TPSA) is 54.4 Å². The van der Waals surface area contributed by atoms with Crippen LogP contribution in [-0.2, 0) is 0 Å². The first-order chi connectivity index (χ1) is 17.3. The number of fused-ring (bicyclic) bond motifs is 2. The second-order valence-corrected chi connectivity index (χ2v) is 10.5. The van der Waals surface area contributed by atoms with Gasteiger partial charge in [-0.2, -0.15) is 0 Å². The maximum Gasteiger partial charge on any atom is 0.258 e. The fraction of sp³-hybridized carbons (Fsp3) is 0.448. The number of piperazine rings is 1. The van der Waals surface area contributed by atoms with E-state index in [9.17, 15) is 4.79 Å². The zero-order valence-corrected chi connectivity index (χ0v) is 22.2. The number of nitrogens with one attached hydrogen (secondary N) is 1. The van der Waals surface area contributed by atoms with Gasteiger partial charge in [0.2, 0.25) is 0 Å². The lowest BCUT2D eigenvalue weighted by Gasteiger charge is -2.35. The van der Waals surface area contributed by atoms with Gasteiger partial charge in [0.1, 0.15) is 0 Å². The molecule has 3 heterocycles. The Bertz CT molecular complexity index is 1200. The summed E-state index contributed by atoms with van der Waals surface area (Å²) in [5, 5.41) is 3.64. The monoisotopic (exact) mass is 486 g/mol. The van der Waals surface area contributed by atoms with Crippen molar-refractivity contribution >= 4 is 23.0 Å². The SMILES string of the molecule is Cc1cc(N2CCN(C)CC2)ccc1NC1N=C2CCC(C)c3ccccc3C(=O)N(C)C2=CN1C. The molecule has 36 heavy (non-hydrogen) atoms. The Labute approximate surface area is 215 Å². The number of likely N-dealkylation sites (N-methyl/N-ethyl adjacent to an activating group) is 1. The second kappa shape index (κ2) is 9.97. The minimum Gasteiger partial charge on any atom is -0.369 e. The molecule has 3 aliphatic rings. The minimum absolute atomic E-state index is 0.0217. The van der Waals surface area contributed by atoms with Crippen LogP contribution in [0.4, 0.5) is 11.4 Å². The van der Waals surface area contributed by atoms with Crippen molar-refractivity contribution in [3.63, 3.8) is 0 Å². The van der Waals surface area contributed by atoms with Gasteiger partial charge in [-0.1, -0.05) is 25.1 Å². The summed E-state index contributed by atoms with van der Waals surface area (Å²) in [5.74, 6) is 0.310. The number of hydrogen-bond donors (Lipinski definition) is 1. The van der Waals surface area contributed by atoms with Gasteiger partial charge >= 0.3 is 0 Å². The van der Waals surface area contributed by atoms with Crippen LogP contribution in [0.25, 0.3) is 0 Å². The van der Waals surface area contributed by atoms with Gasteiger partial charge in [-0.15, -0.1) is 0 Å². The maximum atomic E-state index is 13.4. The molecule has 7 heteroatoms. The van der Waals surface area contributed by atoms with Crippen LogP contribution in [-0.4, -0.2) is 79.9 Å². The molecular weight excluding hydrogens is 448 g/mol. The average molecular weight is 487 g/mol. The minimum atomic E-state index is -0.223. The summed E-state index contributed by atoms with van der Waals surface area (Å²) in [6.45, 7) is 8.67. The molecule has 2 aromatic carbocycles. The highest BCUT2D eigenvalue weighted by atomic mass is 16.2. The molecular formula is C29H38N6O. The van der Waals surface area contributed by atoms with Crippen LogP contribution < -0.4 is 10.2 Å². The van der Waals surface area contributed by atoms with E-state index in [1.165, 1.54) is 11.3 Å². The van der Waals surface area contributed by atoms with E-state index < -0.39 is 0 Å². The Balaban J connectivity index is 1.37. The highest BCUT2D eigenvalue weighted by Gasteiger charge is 2.30. The predicted octanol–water partition coefficient (Wildman–Crippen LogP) is 4.34. The summed E-state index contributed by atoms with van der Waals surface area (Å²) in [5.41, 5.74) is 7.34. The second-order valence-electron chi connectivity index (χ2n) is 10.5. The van der Waals surface area contributed by atoms with Crippen molar-refractivity contribution in [1.29, 1.82) is 0 Å². The number of hydrogen-bond acceptors (Lipinski definition) is 6. The van der Waals surface area contributed by atoms with E-state index in [4.69, 9.17) is 4.99 Å². The molecule has 2 atom stereocenters. The zero-order valence-electron chi connectivity index (χ0n) is 22.2. The molecule has 0 radical (unpaired) electrons. The summed E-state index contributed by atoms with van der Waals surface area (Å²) in [6.07, 6.45) is 3.61. The Morgan fingerprint density at radius 3 is 2.50 bits per heavy atom. The molecule has 3 aliphatic heterocycles. The number of aryl methyl sites for hydroxylation is 1. The maximum absolute atomic E-state index is 13.4. The lowest BCUT2D eigenvalue weighted by atomic mass is 9.91. The number of benzene rings is 2. The fourth-order valence-corrected chi connectivity index (χ4v) is 5.38. The molecule has 190 valence electrons. The van der Waals surface area contributed by atoms with Crippen molar-refractivity contribution in [2.75, 3.05) is 57.5 Å². The van der Waals surface area contributed by atoms with E-state index in [0.29, 0.717) is 0 Å². The quantitative estimate of drug-likeness (QED) is 0.700. The molecule has 2 aromatic rings. The predicted molar refractivity (Wildman–Crippen MR) is 148 cm³/mol. The summed E-state index contributed by atoms with van der Waals surface area (Å²) in [4.78, 5) is 27.2. The van der Waals surface area contributed by atoms with E-state index in [1.807, 2.05) is 32.3 Å². The van der Waals surface area contributed by atoms with Crippen LogP contribution in [0, 0.1) is 6.92 Å². The van der Waals surface area contributed by atoms with Crippen molar-refractivity contribution in [2.45, 2.75) is 38.9 Å². The highest BCUT2D eigenvalue weighted by Crippen LogP contribution is 2.32. The van der Waals surface area contributed by atoms with Crippen LogP contribution in [0.1, 0.15) is 47.2 Å². The molecule has 1 fully saturated rings. The largest absolute Gasteiger partial charge is 0.369 e. The van der Waals surface area contributed by atoms with Crippen molar-refractivity contribution in [3.8, 4) is 0 Å². The van der Waals surface area contributed by atoms with Crippen LogP contribution in [0.5, 0.6) is 0 Å². The Kier molecular flexibility index (Phi) is 6.75. The Morgan fingerprint density at radius 2 is 1.75 bits per heavy atom. The fourth-order valence-electron chi connectivity index (χ4n) is 5.38. The molecule has 0 aromatic heterocycles. The van der Waals surface area contributed by atoms with E-state index >= 15 is 0 Å². The summed E-state index contributed by atoms with van der Waals surface area (Å²) >= 11 is 0. The zero-order chi connectivity index (χ0) is 25.4.